The first-order valence-corrected chi connectivity index (χ1v) is 7.78. The van der Waals surface area contributed by atoms with Crippen molar-refractivity contribution < 1.29 is 9.90 Å². The van der Waals surface area contributed by atoms with Gasteiger partial charge in [-0.15, -0.1) is 11.8 Å². The summed E-state index contributed by atoms with van der Waals surface area (Å²) in [5, 5.41) is 13.8. The molecule has 0 unspecified atom stereocenters. The number of amides is 1. The van der Waals surface area contributed by atoms with Crippen LogP contribution >= 0.6 is 11.8 Å². The van der Waals surface area contributed by atoms with Gasteiger partial charge in [-0.3, -0.25) is 9.48 Å². The van der Waals surface area contributed by atoms with Gasteiger partial charge in [0.25, 0.3) is 0 Å². The normalized spacial score (nSPS) is 19.0. The number of phenolic OH excluding ortho intramolecular Hbond substituents is 1. The average Bonchev–Trinajstić information content (AvgIpc) is 2.90. The number of phenols is 1. The number of anilines is 1. The Morgan fingerprint density at radius 2 is 2.19 bits per heavy atom. The maximum absolute atomic E-state index is 12.6. The van der Waals surface area contributed by atoms with Gasteiger partial charge in [0.2, 0.25) is 5.91 Å². The summed E-state index contributed by atoms with van der Waals surface area (Å²) in [7, 11) is 1.84. The van der Waals surface area contributed by atoms with Crippen molar-refractivity contribution in [3.63, 3.8) is 0 Å². The Balaban J connectivity index is 1.78. The molecule has 1 fully saturated rings. The van der Waals surface area contributed by atoms with Crippen LogP contribution in [0.2, 0.25) is 0 Å². The third-order valence-electron chi connectivity index (χ3n) is 3.53. The number of aryl methyl sites for hydroxylation is 1. The van der Waals surface area contributed by atoms with Crippen LogP contribution in [0.1, 0.15) is 12.8 Å². The monoisotopic (exact) mass is 303 g/mol. The van der Waals surface area contributed by atoms with Crippen LogP contribution in [0.15, 0.2) is 41.6 Å². The molecule has 1 aromatic carbocycles. The summed E-state index contributed by atoms with van der Waals surface area (Å²) in [6.07, 6.45) is 5.34. The molecule has 0 bridgehead atoms. The third kappa shape index (κ3) is 2.90. The molecule has 0 aliphatic carbocycles. The van der Waals surface area contributed by atoms with Crippen LogP contribution in [-0.2, 0) is 11.8 Å². The largest absolute Gasteiger partial charge is 0.507 e. The maximum atomic E-state index is 12.6. The van der Waals surface area contributed by atoms with Gasteiger partial charge in [-0.1, -0.05) is 12.1 Å². The number of benzene rings is 1. The van der Waals surface area contributed by atoms with E-state index in [0.717, 1.165) is 30.0 Å². The zero-order valence-corrected chi connectivity index (χ0v) is 12.6. The van der Waals surface area contributed by atoms with Gasteiger partial charge in [0, 0.05) is 24.7 Å². The van der Waals surface area contributed by atoms with Crippen LogP contribution in [0.25, 0.3) is 0 Å². The summed E-state index contributed by atoms with van der Waals surface area (Å²) in [5.74, 6) is 0.316. The van der Waals surface area contributed by atoms with E-state index in [1.165, 1.54) is 11.8 Å². The van der Waals surface area contributed by atoms with E-state index in [2.05, 4.69) is 5.10 Å². The number of hydrogen-bond acceptors (Lipinski definition) is 4. The van der Waals surface area contributed by atoms with E-state index in [-0.39, 0.29) is 16.9 Å². The minimum absolute atomic E-state index is 0.0857. The second kappa shape index (κ2) is 5.81. The van der Waals surface area contributed by atoms with Crippen LogP contribution < -0.4 is 4.90 Å². The Morgan fingerprint density at radius 3 is 2.90 bits per heavy atom. The molecule has 1 N–H and O–H groups in total. The minimum Gasteiger partial charge on any atom is -0.507 e. The minimum atomic E-state index is -0.160. The molecule has 0 saturated carbocycles. The molecule has 3 rings (SSSR count). The van der Waals surface area contributed by atoms with Crippen LogP contribution in [0.5, 0.6) is 5.75 Å². The number of nitrogens with zero attached hydrogens (tertiary/aromatic N) is 3. The smallest absolute Gasteiger partial charge is 0.240 e. The zero-order chi connectivity index (χ0) is 14.8. The molecule has 1 amide bonds. The second-order valence-corrected chi connectivity index (χ2v) is 6.32. The molecular formula is C15H17N3O2S. The second-order valence-electron chi connectivity index (χ2n) is 5.08. The molecule has 110 valence electrons. The van der Waals surface area contributed by atoms with Gasteiger partial charge in [0.15, 0.2) is 0 Å². The fraction of sp³-hybridized carbons (Fsp3) is 0.333. The van der Waals surface area contributed by atoms with Crippen LogP contribution in [0, 0.1) is 0 Å². The Morgan fingerprint density at radius 1 is 1.38 bits per heavy atom. The number of aromatic nitrogens is 2. The predicted molar refractivity (Wildman–Crippen MR) is 82.5 cm³/mol. The molecule has 5 nitrogen and oxygen atoms in total. The number of carbonyl (C=O) groups is 1. The van der Waals surface area contributed by atoms with Gasteiger partial charge in [-0.25, -0.2) is 0 Å². The third-order valence-corrected chi connectivity index (χ3v) is 4.85. The van der Waals surface area contributed by atoms with Gasteiger partial charge >= 0.3 is 0 Å². The fourth-order valence-corrected chi connectivity index (χ4v) is 3.63. The van der Waals surface area contributed by atoms with E-state index in [1.54, 1.807) is 27.9 Å². The van der Waals surface area contributed by atoms with E-state index in [1.807, 2.05) is 25.4 Å². The van der Waals surface area contributed by atoms with Gasteiger partial charge in [0.1, 0.15) is 5.75 Å². The fourth-order valence-electron chi connectivity index (χ4n) is 2.47. The Labute approximate surface area is 127 Å². The summed E-state index contributed by atoms with van der Waals surface area (Å²) >= 11 is 1.44. The molecule has 6 heteroatoms. The highest BCUT2D eigenvalue weighted by Gasteiger charge is 2.31. The molecular weight excluding hydrogens is 286 g/mol. The van der Waals surface area contributed by atoms with Crippen LogP contribution in [0.4, 0.5) is 5.69 Å². The van der Waals surface area contributed by atoms with Gasteiger partial charge in [-0.2, -0.15) is 5.10 Å². The van der Waals surface area contributed by atoms with Crippen molar-refractivity contribution in [3.8, 4) is 5.75 Å². The number of aromatic hydroxyl groups is 1. The standard InChI is InChI=1S/C15H17N3O2S/c1-17-10-11(9-16-17)18-8-4-7-14(15(18)20)21-13-6-3-2-5-12(13)19/h2-3,5-6,9-10,14,19H,4,7-8H2,1H3/t14-/m1/s1. The first kappa shape index (κ1) is 14.0. The van der Waals surface area contributed by atoms with Crippen LogP contribution in [-0.4, -0.2) is 32.6 Å². The topological polar surface area (TPSA) is 58.4 Å². The number of piperidine rings is 1. The summed E-state index contributed by atoms with van der Waals surface area (Å²) in [6.45, 7) is 0.725. The molecule has 0 spiro atoms. The number of hydrogen-bond donors (Lipinski definition) is 1. The van der Waals surface area contributed by atoms with Crippen molar-refractivity contribution in [2.75, 3.05) is 11.4 Å². The average molecular weight is 303 g/mol. The number of rotatable bonds is 3. The molecule has 0 radical (unpaired) electrons. The Hall–Kier alpha value is -1.95. The first-order valence-electron chi connectivity index (χ1n) is 6.90. The molecule has 1 atom stereocenters. The lowest BCUT2D eigenvalue weighted by atomic mass is 10.1. The van der Waals surface area contributed by atoms with Crippen molar-refractivity contribution in [2.24, 2.45) is 7.05 Å². The molecule has 1 saturated heterocycles. The molecule has 2 heterocycles. The molecule has 1 aliphatic rings. The lowest BCUT2D eigenvalue weighted by Crippen LogP contribution is -2.42. The number of thioether (sulfide) groups is 1. The Bertz CT molecular complexity index is 656. The zero-order valence-electron chi connectivity index (χ0n) is 11.8. The molecule has 1 aromatic heterocycles. The van der Waals surface area contributed by atoms with E-state index in [0.29, 0.717) is 0 Å². The van der Waals surface area contributed by atoms with Crippen molar-refractivity contribution in [3.05, 3.63) is 36.7 Å². The molecule has 1 aliphatic heterocycles. The summed E-state index contributed by atoms with van der Waals surface area (Å²) in [4.78, 5) is 15.2. The van der Waals surface area contributed by atoms with E-state index in [4.69, 9.17) is 0 Å². The van der Waals surface area contributed by atoms with Gasteiger partial charge in [0.05, 0.1) is 17.1 Å². The lowest BCUT2D eigenvalue weighted by molar-refractivity contribution is -0.119. The number of carbonyl (C=O) groups excluding carboxylic acids is 1. The number of para-hydroxylation sites is 1. The first-order chi connectivity index (χ1) is 10.1. The highest BCUT2D eigenvalue weighted by Crippen LogP contribution is 2.36. The van der Waals surface area contributed by atoms with Gasteiger partial charge in [-0.05, 0) is 25.0 Å². The van der Waals surface area contributed by atoms with Crippen LogP contribution in [0.3, 0.4) is 0 Å². The summed E-state index contributed by atoms with van der Waals surface area (Å²) in [5.41, 5.74) is 0.838. The molecule has 21 heavy (non-hydrogen) atoms. The van der Waals surface area contributed by atoms with Crippen molar-refractivity contribution in [1.82, 2.24) is 9.78 Å². The highest BCUT2D eigenvalue weighted by molar-refractivity contribution is 8.00. The molecule has 2 aromatic rings. The van der Waals surface area contributed by atoms with E-state index in [9.17, 15) is 9.90 Å². The van der Waals surface area contributed by atoms with Gasteiger partial charge < -0.3 is 10.0 Å². The predicted octanol–water partition coefficient (Wildman–Crippen LogP) is 2.41. The Kier molecular flexibility index (Phi) is 3.88. The highest BCUT2D eigenvalue weighted by atomic mass is 32.2. The van der Waals surface area contributed by atoms with Crippen molar-refractivity contribution >= 4 is 23.4 Å². The summed E-state index contributed by atoms with van der Waals surface area (Å²) in [6, 6.07) is 7.14. The van der Waals surface area contributed by atoms with Crippen molar-refractivity contribution in [2.45, 2.75) is 23.0 Å². The van der Waals surface area contributed by atoms with Crippen molar-refractivity contribution in [1.29, 1.82) is 0 Å². The summed E-state index contributed by atoms with van der Waals surface area (Å²) < 4.78 is 1.70. The quantitative estimate of drug-likeness (QED) is 0.946. The SMILES string of the molecule is Cn1cc(N2CCC[C@@H](Sc3ccccc3O)C2=O)cn1. The van der Waals surface area contributed by atoms with E-state index < -0.39 is 0 Å². The maximum Gasteiger partial charge on any atom is 0.240 e. The lowest BCUT2D eigenvalue weighted by Gasteiger charge is -2.31. The van der Waals surface area contributed by atoms with E-state index >= 15 is 0 Å².